The molecule has 0 radical (unpaired) electrons. The van der Waals surface area contributed by atoms with Gasteiger partial charge in [0.2, 0.25) is 19.6 Å². The predicted octanol–water partition coefficient (Wildman–Crippen LogP) is 4.29. The van der Waals surface area contributed by atoms with Crippen LogP contribution < -0.4 is 11.1 Å². The Balaban J connectivity index is 2.10. The molecule has 0 aromatic heterocycles. The largest absolute Gasteiger partial charge is 0.511 e. The number of benzene rings is 2. The highest BCUT2D eigenvalue weighted by Crippen LogP contribution is 2.46. The van der Waals surface area contributed by atoms with Crippen LogP contribution in [0, 0.1) is 11.8 Å². The van der Waals surface area contributed by atoms with Crippen molar-refractivity contribution in [1.82, 2.24) is 5.32 Å². The Labute approximate surface area is 229 Å². The zero-order valence-corrected chi connectivity index (χ0v) is 23.9. The third-order valence-electron chi connectivity index (χ3n) is 6.33. The van der Waals surface area contributed by atoms with Crippen molar-refractivity contribution in [3.63, 3.8) is 0 Å². The second-order valence-corrected chi connectivity index (χ2v) is 12.2. The normalized spacial score (nSPS) is 16.5. The van der Waals surface area contributed by atoms with Gasteiger partial charge in [-0.05, 0) is 50.8 Å². The molecule has 39 heavy (non-hydrogen) atoms. The minimum atomic E-state index is -3.83. The van der Waals surface area contributed by atoms with Gasteiger partial charge in [0.1, 0.15) is 0 Å². The summed E-state index contributed by atoms with van der Waals surface area (Å²) in [4.78, 5) is 47.7. The first-order chi connectivity index (χ1) is 18.3. The Morgan fingerprint density at radius 1 is 0.949 bits per heavy atom. The Hall–Kier alpha value is -3.20. The van der Waals surface area contributed by atoms with Crippen molar-refractivity contribution in [1.29, 1.82) is 0 Å². The molecule has 4 N–H and O–H groups in total. The average molecular weight is 563 g/mol. The molecule has 0 aliphatic carbocycles. The Bertz CT molecular complexity index is 1140. The molecule has 0 heterocycles. The second-order valence-electron chi connectivity index (χ2n) is 9.53. The van der Waals surface area contributed by atoms with Crippen molar-refractivity contribution in [2.24, 2.45) is 17.6 Å². The molecule has 2 rings (SSSR count). The van der Waals surface area contributed by atoms with Gasteiger partial charge < -0.3 is 30.2 Å². The van der Waals surface area contributed by atoms with E-state index in [0.717, 1.165) is 16.7 Å². The zero-order valence-electron chi connectivity index (χ0n) is 23.0. The predicted molar refractivity (Wildman–Crippen MR) is 148 cm³/mol. The van der Waals surface area contributed by atoms with Gasteiger partial charge in [-0.2, -0.15) is 0 Å². The quantitative estimate of drug-likeness (QED) is 0.184. The summed E-state index contributed by atoms with van der Waals surface area (Å²) in [6, 6.07) is 16.8. The molecule has 6 atom stereocenters. The summed E-state index contributed by atoms with van der Waals surface area (Å²) in [6.45, 7) is 7.71. The number of ether oxygens (including phenoxy) is 3. The van der Waals surface area contributed by atoms with Crippen molar-refractivity contribution in [2.75, 3.05) is 12.8 Å². The molecule has 11 heteroatoms. The first-order valence-corrected chi connectivity index (χ1v) is 14.8. The Morgan fingerprint density at radius 2 is 1.54 bits per heavy atom. The maximum absolute atomic E-state index is 13.3. The van der Waals surface area contributed by atoms with Crippen molar-refractivity contribution in [2.45, 2.75) is 59.2 Å². The lowest BCUT2D eigenvalue weighted by Crippen LogP contribution is -2.45. The molecule has 0 spiro atoms. The molecule has 0 saturated heterocycles. The number of esters is 1. The minimum absolute atomic E-state index is 0.112. The molecular weight excluding hydrogens is 523 g/mol. The molecule has 214 valence electrons. The van der Waals surface area contributed by atoms with Crippen LogP contribution >= 0.6 is 7.37 Å². The van der Waals surface area contributed by atoms with Gasteiger partial charge in [0.15, 0.2) is 0 Å². The summed E-state index contributed by atoms with van der Waals surface area (Å²) in [7, 11) is -3.83. The second kappa shape index (κ2) is 14.8. The first-order valence-electron chi connectivity index (χ1n) is 12.9. The van der Waals surface area contributed by atoms with E-state index in [1.807, 2.05) is 54.6 Å². The molecule has 10 nitrogen and oxygen atoms in total. The van der Waals surface area contributed by atoms with Gasteiger partial charge in [-0.1, -0.05) is 54.6 Å². The molecule has 0 saturated carbocycles. The van der Waals surface area contributed by atoms with Gasteiger partial charge in [0.25, 0.3) is 0 Å². The molecule has 0 aliphatic heterocycles. The highest BCUT2D eigenvalue weighted by molar-refractivity contribution is 7.58. The number of amides is 1. The van der Waals surface area contributed by atoms with E-state index in [1.165, 1.54) is 13.8 Å². The van der Waals surface area contributed by atoms with Crippen LogP contribution in [0.2, 0.25) is 0 Å². The van der Waals surface area contributed by atoms with Gasteiger partial charge in [-0.3, -0.25) is 14.2 Å². The zero-order chi connectivity index (χ0) is 29.2. The van der Waals surface area contributed by atoms with E-state index in [1.54, 1.807) is 20.8 Å². The highest BCUT2D eigenvalue weighted by Gasteiger charge is 2.34. The van der Waals surface area contributed by atoms with Crippen LogP contribution in [0.4, 0.5) is 4.79 Å². The fourth-order valence-electron chi connectivity index (χ4n) is 3.72. The van der Waals surface area contributed by atoms with Crippen LogP contribution in [-0.2, 0) is 34.8 Å². The van der Waals surface area contributed by atoms with Crippen LogP contribution in [0.15, 0.2) is 54.6 Å². The topological polar surface area (TPSA) is 154 Å². The molecular formula is C28H39N2O8P. The van der Waals surface area contributed by atoms with Gasteiger partial charge in [-0.25, -0.2) is 4.79 Å². The summed E-state index contributed by atoms with van der Waals surface area (Å²) in [5, 5.41) is 2.77. The van der Waals surface area contributed by atoms with E-state index < -0.39 is 55.4 Å². The first kappa shape index (κ1) is 32.0. The van der Waals surface area contributed by atoms with Gasteiger partial charge in [0.05, 0.1) is 24.2 Å². The monoisotopic (exact) mass is 562 g/mol. The van der Waals surface area contributed by atoms with Crippen molar-refractivity contribution in [3.8, 4) is 11.1 Å². The van der Waals surface area contributed by atoms with Crippen molar-refractivity contribution >= 4 is 25.4 Å². The van der Waals surface area contributed by atoms with Crippen molar-refractivity contribution in [3.05, 3.63) is 60.2 Å². The summed E-state index contributed by atoms with van der Waals surface area (Å²) in [5.74, 6) is -3.86. The summed E-state index contributed by atoms with van der Waals surface area (Å²) >= 11 is 0. The number of rotatable bonds is 13. The number of carbonyl (C=O) groups excluding carboxylic acids is 3. The Kier molecular flexibility index (Phi) is 12.2. The average Bonchev–Trinajstić information content (AvgIpc) is 2.88. The maximum atomic E-state index is 13.3. The number of carbonyl (C=O) groups is 3. The van der Waals surface area contributed by atoms with E-state index in [0.29, 0.717) is 0 Å². The minimum Gasteiger partial charge on any atom is -0.435 e. The number of hydrogen-bond donors (Lipinski definition) is 3. The molecule has 2 aromatic rings. The molecule has 1 amide bonds. The molecule has 0 bridgehead atoms. The summed E-state index contributed by atoms with van der Waals surface area (Å²) in [6.07, 6.45) is -2.25. The summed E-state index contributed by atoms with van der Waals surface area (Å²) in [5.41, 5.74) is 8.60. The van der Waals surface area contributed by atoms with Crippen LogP contribution in [0.25, 0.3) is 11.1 Å². The molecule has 0 aliphatic rings. The van der Waals surface area contributed by atoms with E-state index in [-0.39, 0.29) is 19.2 Å². The van der Waals surface area contributed by atoms with Gasteiger partial charge in [0, 0.05) is 19.1 Å². The molecule has 2 aromatic carbocycles. The fraction of sp³-hybridized carbons (Fsp3) is 0.464. The lowest BCUT2D eigenvalue weighted by molar-refractivity contribution is -0.173. The third-order valence-corrected chi connectivity index (χ3v) is 8.57. The van der Waals surface area contributed by atoms with E-state index >= 15 is 0 Å². The molecule has 0 fully saturated rings. The summed E-state index contributed by atoms with van der Waals surface area (Å²) < 4.78 is 27.4. The van der Waals surface area contributed by atoms with E-state index in [2.05, 4.69) is 10.1 Å². The van der Waals surface area contributed by atoms with Crippen molar-refractivity contribution < 1.29 is 38.1 Å². The molecule has 6 unspecified atom stereocenters. The lowest BCUT2D eigenvalue weighted by atomic mass is 9.96. The van der Waals surface area contributed by atoms with E-state index in [4.69, 9.17) is 15.2 Å². The van der Waals surface area contributed by atoms with Crippen LogP contribution in [0.1, 0.15) is 40.2 Å². The highest BCUT2D eigenvalue weighted by atomic mass is 31.2. The number of nitrogens with one attached hydrogen (secondary N) is 1. The maximum Gasteiger partial charge on any atom is 0.511 e. The SMILES string of the molecule is CCOC(=O)OC(C)OC(=O)C(C)C(C)NC(=O)C(Cc1ccc(-c2ccccc2)cc1)CP(=O)(O)C(C)N. The van der Waals surface area contributed by atoms with Gasteiger partial charge in [-0.15, -0.1) is 0 Å². The standard InChI is InChI=1S/C28H39N2O8P/c1-6-36-28(33)38-21(5)37-27(32)18(2)19(3)30-26(31)25(17-39(34,35)20(4)29)16-22-12-14-24(15-13-22)23-10-8-7-9-11-23/h7-15,18-21,25H,6,16-17,29H2,1-5H3,(H,30,31)(H,34,35). The van der Waals surface area contributed by atoms with Crippen LogP contribution in [-0.4, -0.2) is 53.8 Å². The third kappa shape index (κ3) is 10.1. The fourth-order valence-corrected chi connectivity index (χ4v) is 4.98. The lowest BCUT2D eigenvalue weighted by Gasteiger charge is -2.26. The number of nitrogens with two attached hydrogens (primary N) is 1. The van der Waals surface area contributed by atoms with E-state index in [9.17, 15) is 23.8 Å². The van der Waals surface area contributed by atoms with Crippen LogP contribution in [0.3, 0.4) is 0 Å². The van der Waals surface area contributed by atoms with Crippen LogP contribution in [0.5, 0.6) is 0 Å². The number of hydrogen-bond acceptors (Lipinski definition) is 8. The Morgan fingerprint density at radius 3 is 2.10 bits per heavy atom. The van der Waals surface area contributed by atoms with Gasteiger partial charge >= 0.3 is 12.1 Å². The smallest absolute Gasteiger partial charge is 0.435 e.